The molecule has 0 fully saturated rings. The highest BCUT2D eigenvalue weighted by Gasteiger charge is 2.77. The van der Waals surface area contributed by atoms with Gasteiger partial charge in [0.05, 0.1) is 12.7 Å². The van der Waals surface area contributed by atoms with Gasteiger partial charge in [0.2, 0.25) is 0 Å². The minimum atomic E-state index is -7.37. The summed E-state index contributed by atoms with van der Waals surface area (Å²) in [5.41, 5.74) is -1.18. The number of carbonyl (C=O) groups excluding carboxylic acids is 1. The highest BCUT2D eigenvalue weighted by atomic mass is 19.4. The Morgan fingerprint density at radius 1 is 0.591 bits per heavy atom. The third kappa shape index (κ3) is 7.90. The molecule has 0 aliphatic heterocycles. The summed E-state index contributed by atoms with van der Waals surface area (Å²) >= 11 is 0. The van der Waals surface area contributed by atoms with Crippen molar-refractivity contribution in [3.63, 3.8) is 0 Å². The van der Waals surface area contributed by atoms with Gasteiger partial charge >= 0.3 is 67.3 Å². The van der Waals surface area contributed by atoms with Crippen LogP contribution in [0.4, 0.5) is 87.8 Å². The molecule has 256 valence electrons. The van der Waals surface area contributed by atoms with Crippen molar-refractivity contribution >= 4 is 5.97 Å². The fourth-order valence-corrected chi connectivity index (χ4v) is 2.18. The van der Waals surface area contributed by atoms with Crippen LogP contribution in [0.2, 0.25) is 0 Å². The van der Waals surface area contributed by atoms with Crippen LogP contribution in [0, 0.1) is 0 Å². The molecule has 0 heterocycles. The molecule has 26 heteroatoms. The molecular formula is C18H8F20O6. The van der Waals surface area contributed by atoms with E-state index in [1.165, 1.54) is 0 Å². The second kappa shape index (κ2) is 12.0. The number of benzene rings is 1. The molecule has 6 nitrogen and oxygen atoms in total. The first-order chi connectivity index (χ1) is 19.3. The summed E-state index contributed by atoms with van der Waals surface area (Å²) < 4.78 is 275. The molecule has 44 heavy (non-hydrogen) atoms. The average Bonchev–Trinajstić information content (AvgIpc) is 2.82. The van der Waals surface area contributed by atoms with Gasteiger partial charge in [0.25, 0.3) is 0 Å². The number of ether oxygens (including phenoxy) is 5. The third-order valence-corrected chi connectivity index (χ3v) is 4.33. The highest BCUT2D eigenvalue weighted by molar-refractivity contribution is 5.90. The van der Waals surface area contributed by atoms with Gasteiger partial charge in [-0.1, -0.05) is 0 Å². The largest absolute Gasteiger partial charge is 0.465 e. The maximum atomic E-state index is 14.0. The summed E-state index contributed by atoms with van der Waals surface area (Å²) in [7, 11) is 0.534. The lowest BCUT2D eigenvalue weighted by Gasteiger charge is -2.31. The number of methoxy groups -OCH3 is 1. The van der Waals surface area contributed by atoms with Crippen molar-refractivity contribution in [3.05, 3.63) is 23.8 Å². The molecule has 1 aromatic carbocycles. The van der Waals surface area contributed by atoms with Crippen LogP contribution in [-0.4, -0.2) is 74.4 Å². The van der Waals surface area contributed by atoms with E-state index in [0.717, 1.165) is 0 Å². The number of hydrogen-bond acceptors (Lipinski definition) is 6. The maximum absolute atomic E-state index is 14.0. The number of rotatable bonds is 13. The molecule has 0 aliphatic rings. The molecule has 0 radical (unpaired) electrons. The number of halogens is 20. The number of alkyl halides is 20. The van der Waals surface area contributed by atoms with Crippen LogP contribution in [0.15, 0.2) is 18.2 Å². The smallest absolute Gasteiger partial charge is 0.462 e. The topological polar surface area (TPSA) is 63.2 Å². The Kier molecular flexibility index (Phi) is 10.6. The molecule has 0 aromatic heterocycles. The summed E-state index contributed by atoms with van der Waals surface area (Å²) in [4.78, 5) is 11.5. The molecular weight excluding hydrogens is 692 g/mol. The third-order valence-electron chi connectivity index (χ3n) is 4.33. The Bertz CT molecular complexity index is 1160. The lowest BCUT2D eigenvalue weighted by Crippen LogP contribution is -2.56. The van der Waals surface area contributed by atoms with Gasteiger partial charge in [0.1, 0.15) is 0 Å². The Hall–Kier alpha value is -3.19. The normalized spacial score (nSPS) is 15.9. The summed E-state index contributed by atoms with van der Waals surface area (Å²) in [5.74, 6) is -21.1. The molecule has 0 saturated heterocycles. The van der Waals surface area contributed by atoms with Gasteiger partial charge in [0, 0.05) is 0 Å². The Morgan fingerprint density at radius 2 is 0.932 bits per heavy atom. The van der Waals surface area contributed by atoms with Gasteiger partial charge in [-0.3, -0.25) is 9.47 Å². The zero-order chi connectivity index (χ0) is 35.1. The van der Waals surface area contributed by atoms with Crippen LogP contribution in [0.3, 0.4) is 0 Å². The van der Waals surface area contributed by atoms with E-state index in [4.69, 9.17) is 0 Å². The first-order valence-electron chi connectivity index (χ1n) is 9.92. The first-order valence-corrected chi connectivity index (χ1v) is 9.92. The number of carbonyl (C=O) groups is 1. The van der Waals surface area contributed by atoms with E-state index in [-0.39, 0.29) is 18.2 Å². The van der Waals surface area contributed by atoms with E-state index >= 15 is 0 Å². The van der Waals surface area contributed by atoms with Crippen LogP contribution in [0.1, 0.15) is 10.4 Å². The summed E-state index contributed by atoms with van der Waals surface area (Å²) in [6.07, 6.45) is -52.2. The van der Waals surface area contributed by atoms with Gasteiger partial charge in [-0.05, 0) is 18.2 Å². The summed E-state index contributed by atoms with van der Waals surface area (Å²) in [6.45, 7) is 0. The molecule has 0 saturated carbocycles. The van der Waals surface area contributed by atoms with E-state index in [2.05, 4.69) is 23.7 Å². The summed E-state index contributed by atoms with van der Waals surface area (Å²) in [6, 6.07) is -0.466. The second-order valence-corrected chi connectivity index (χ2v) is 7.53. The highest BCUT2D eigenvalue weighted by Crippen LogP contribution is 2.50. The standard InChI is InChI=1S/C18H8F20O6/c1-40-8(39)5-2-3-6(41-11(21,22)9(19)43-17(35,36)13(25,26)15(29,30)31)7(4-5)42-12(23,24)10(20)44-18(37,38)14(27,28)16(32,33)34/h2-4,9-10H,1H3. The maximum Gasteiger partial charge on any atom is 0.462 e. The number of esters is 1. The van der Waals surface area contributed by atoms with E-state index in [1.54, 1.807) is 0 Å². The van der Waals surface area contributed by atoms with Gasteiger partial charge in [0.15, 0.2) is 11.5 Å². The SMILES string of the molecule is COC(=O)c1ccc(OC(F)(F)C(F)OC(F)(F)C(F)(F)C(F)(F)F)c(OC(F)(F)C(F)OC(F)(F)C(F)(F)C(F)(F)F)c1. The Balaban J connectivity index is 3.47. The van der Waals surface area contributed by atoms with Crippen molar-refractivity contribution in [1.82, 2.24) is 0 Å². The van der Waals surface area contributed by atoms with E-state index < -0.39 is 84.4 Å². The minimum absolute atomic E-state index is 0.143. The second-order valence-electron chi connectivity index (χ2n) is 7.53. The average molecular weight is 700 g/mol. The predicted octanol–water partition coefficient (Wildman–Crippen LogP) is 7.62. The van der Waals surface area contributed by atoms with Crippen LogP contribution in [0.25, 0.3) is 0 Å². The van der Waals surface area contributed by atoms with Crippen LogP contribution >= 0.6 is 0 Å². The van der Waals surface area contributed by atoms with Crippen LogP contribution < -0.4 is 9.47 Å². The summed E-state index contributed by atoms with van der Waals surface area (Å²) in [5, 5.41) is 0. The van der Waals surface area contributed by atoms with Crippen molar-refractivity contribution in [2.45, 2.75) is 61.3 Å². The Labute approximate surface area is 227 Å². The lowest BCUT2D eigenvalue weighted by molar-refractivity contribution is -0.461. The van der Waals surface area contributed by atoms with Gasteiger partial charge in [-0.15, -0.1) is 0 Å². The van der Waals surface area contributed by atoms with E-state index in [0.29, 0.717) is 7.11 Å². The molecule has 1 rings (SSSR count). The van der Waals surface area contributed by atoms with Crippen molar-refractivity contribution in [1.29, 1.82) is 0 Å². The quantitative estimate of drug-likeness (QED) is 0.156. The molecule has 0 amide bonds. The van der Waals surface area contributed by atoms with E-state index in [1.807, 2.05) is 0 Å². The van der Waals surface area contributed by atoms with Crippen molar-refractivity contribution in [2.24, 2.45) is 0 Å². The fraction of sp³-hybridized carbons (Fsp3) is 0.611. The van der Waals surface area contributed by atoms with Crippen molar-refractivity contribution < 1.29 is 116 Å². The van der Waals surface area contributed by atoms with E-state index in [9.17, 15) is 92.6 Å². The molecule has 0 spiro atoms. The lowest BCUT2D eigenvalue weighted by atomic mass is 10.2. The molecule has 0 bridgehead atoms. The zero-order valence-corrected chi connectivity index (χ0v) is 19.9. The van der Waals surface area contributed by atoms with Crippen LogP contribution in [-0.2, 0) is 14.2 Å². The Morgan fingerprint density at radius 3 is 1.25 bits per heavy atom. The molecule has 0 N–H and O–H groups in total. The predicted molar refractivity (Wildman–Crippen MR) is 92.8 cm³/mol. The van der Waals surface area contributed by atoms with Gasteiger partial charge < -0.3 is 14.2 Å². The molecule has 0 aliphatic carbocycles. The van der Waals surface area contributed by atoms with Crippen molar-refractivity contribution in [2.75, 3.05) is 7.11 Å². The van der Waals surface area contributed by atoms with Gasteiger partial charge in [-0.2, -0.15) is 79.0 Å². The monoisotopic (exact) mass is 700 g/mol. The molecule has 2 unspecified atom stereocenters. The molecule has 2 atom stereocenters. The first kappa shape index (κ1) is 38.8. The number of hydrogen-bond donors (Lipinski definition) is 0. The van der Waals surface area contributed by atoms with Crippen molar-refractivity contribution in [3.8, 4) is 11.5 Å². The molecule has 1 aromatic rings. The van der Waals surface area contributed by atoms with Gasteiger partial charge in [-0.25, -0.2) is 13.6 Å². The zero-order valence-electron chi connectivity index (χ0n) is 19.9. The fourth-order valence-electron chi connectivity index (χ4n) is 2.18. The van der Waals surface area contributed by atoms with Crippen LogP contribution in [0.5, 0.6) is 11.5 Å². The minimum Gasteiger partial charge on any atom is -0.465 e.